The third-order valence-electron chi connectivity index (χ3n) is 3.57. The number of para-hydroxylation sites is 1. The molecule has 0 spiro atoms. The fraction of sp³-hybridized carbons (Fsp3) is 0.200. The zero-order valence-electron chi connectivity index (χ0n) is 12.7. The number of rotatable bonds is 4. The Morgan fingerprint density at radius 2 is 1.80 bits per heavy atom. The van der Waals surface area contributed by atoms with E-state index in [4.69, 9.17) is 4.74 Å². The van der Waals surface area contributed by atoms with E-state index in [1.807, 2.05) is 24.3 Å². The van der Waals surface area contributed by atoms with Crippen molar-refractivity contribution in [2.45, 2.75) is 12.2 Å². The highest BCUT2D eigenvalue weighted by atomic mass is 79.9. The Morgan fingerprint density at radius 3 is 2.44 bits per heavy atom. The zero-order chi connectivity index (χ0) is 18.4. The predicted molar refractivity (Wildman–Crippen MR) is 89.8 cm³/mol. The van der Waals surface area contributed by atoms with Crippen LogP contribution in [0.5, 0.6) is 5.75 Å². The first-order valence-electron chi connectivity index (χ1n) is 6.86. The van der Waals surface area contributed by atoms with Crippen LogP contribution >= 0.6 is 15.9 Å². The maximum absolute atomic E-state index is 12.6. The Balaban J connectivity index is 2.25. The first kappa shape index (κ1) is 18.0. The summed E-state index contributed by atoms with van der Waals surface area (Å²) in [4.78, 5) is 0. The molecule has 0 aliphatic rings. The average Bonchev–Trinajstić information content (AvgIpc) is 2.81. The lowest BCUT2D eigenvalue weighted by atomic mass is 10.1. The number of halogens is 4. The monoisotopic (exact) mass is 437 g/mol. The lowest BCUT2D eigenvalue weighted by Gasteiger charge is -2.12. The minimum Gasteiger partial charge on any atom is -0.375 e. The van der Waals surface area contributed by atoms with Gasteiger partial charge in [-0.25, -0.2) is 0 Å². The highest BCUT2D eigenvalue weighted by Gasteiger charge is 2.48. The summed E-state index contributed by atoms with van der Waals surface area (Å²) in [5, 5.41) is 1.57. The van der Waals surface area contributed by atoms with E-state index in [0.29, 0.717) is 5.52 Å². The van der Waals surface area contributed by atoms with Gasteiger partial charge in [-0.3, -0.25) is 0 Å². The zero-order valence-corrected chi connectivity index (χ0v) is 15.1. The van der Waals surface area contributed by atoms with Gasteiger partial charge in [0.15, 0.2) is 5.75 Å². The Bertz CT molecular complexity index is 1060. The van der Waals surface area contributed by atoms with Gasteiger partial charge < -0.3 is 13.5 Å². The molecular weight excluding hydrogens is 427 g/mol. The summed E-state index contributed by atoms with van der Waals surface area (Å²) in [6.07, 6.45) is 0. The first-order chi connectivity index (χ1) is 11.7. The van der Waals surface area contributed by atoms with Crippen molar-refractivity contribution in [3.63, 3.8) is 0 Å². The molecule has 3 aromatic rings. The standard InChI is InChI=1S/C15H11BrF3NO4S/c1-23-8-20-12-5-3-2-4-9(12)10-6-11(16)14(7-13(10)20)24-25(21,22)15(17,18)19/h2-7H,8H2,1H3. The normalized spacial score (nSPS) is 12.8. The van der Waals surface area contributed by atoms with Crippen LogP contribution < -0.4 is 4.18 Å². The molecule has 25 heavy (non-hydrogen) atoms. The summed E-state index contributed by atoms with van der Waals surface area (Å²) >= 11 is 3.07. The van der Waals surface area contributed by atoms with Crippen molar-refractivity contribution in [3.8, 4) is 5.75 Å². The van der Waals surface area contributed by atoms with Crippen LogP contribution in [0, 0.1) is 0 Å². The summed E-state index contributed by atoms with van der Waals surface area (Å²) in [6, 6.07) is 10.1. The van der Waals surface area contributed by atoms with Gasteiger partial charge in [-0.2, -0.15) is 21.6 Å². The molecule has 0 fully saturated rings. The van der Waals surface area contributed by atoms with E-state index in [9.17, 15) is 21.6 Å². The van der Waals surface area contributed by atoms with E-state index < -0.39 is 21.4 Å². The van der Waals surface area contributed by atoms with Crippen molar-refractivity contribution in [1.82, 2.24) is 4.57 Å². The summed E-state index contributed by atoms with van der Waals surface area (Å²) in [5.41, 5.74) is -4.23. The van der Waals surface area contributed by atoms with Crippen molar-refractivity contribution in [3.05, 3.63) is 40.9 Å². The minimum absolute atomic E-state index is 0.0909. The van der Waals surface area contributed by atoms with Crippen LogP contribution in [0.25, 0.3) is 21.8 Å². The molecule has 3 rings (SSSR count). The van der Waals surface area contributed by atoms with Crippen LogP contribution in [0.2, 0.25) is 0 Å². The molecule has 0 atom stereocenters. The number of nitrogens with zero attached hydrogens (tertiary/aromatic N) is 1. The smallest absolute Gasteiger partial charge is 0.375 e. The molecule has 0 aliphatic heterocycles. The fourth-order valence-electron chi connectivity index (χ4n) is 2.55. The molecule has 0 saturated heterocycles. The van der Waals surface area contributed by atoms with Gasteiger partial charge in [0.05, 0.1) is 15.5 Å². The van der Waals surface area contributed by atoms with Gasteiger partial charge in [0.1, 0.15) is 6.73 Å². The summed E-state index contributed by atoms with van der Waals surface area (Å²) in [6.45, 7) is 0.136. The largest absolute Gasteiger partial charge is 0.534 e. The van der Waals surface area contributed by atoms with Crippen molar-refractivity contribution < 1.29 is 30.5 Å². The van der Waals surface area contributed by atoms with Crippen molar-refractivity contribution >= 4 is 47.9 Å². The molecule has 10 heteroatoms. The van der Waals surface area contributed by atoms with E-state index >= 15 is 0 Å². The molecule has 0 N–H and O–H groups in total. The van der Waals surface area contributed by atoms with Crippen LogP contribution in [0.4, 0.5) is 13.2 Å². The Kier molecular flexibility index (Phi) is 4.46. The van der Waals surface area contributed by atoms with Gasteiger partial charge in [0.2, 0.25) is 0 Å². The van der Waals surface area contributed by atoms with E-state index in [0.717, 1.165) is 16.3 Å². The third kappa shape index (κ3) is 3.09. The number of methoxy groups -OCH3 is 1. The molecule has 0 saturated carbocycles. The summed E-state index contributed by atoms with van der Waals surface area (Å²) in [5.74, 6) is -0.454. The van der Waals surface area contributed by atoms with Gasteiger partial charge in [0, 0.05) is 23.9 Å². The summed E-state index contributed by atoms with van der Waals surface area (Å²) in [7, 11) is -4.29. The van der Waals surface area contributed by atoms with Crippen LogP contribution in [-0.2, 0) is 21.6 Å². The van der Waals surface area contributed by atoms with Crippen LogP contribution in [-0.4, -0.2) is 25.6 Å². The predicted octanol–water partition coefficient (Wildman–Crippen LogP) is 4.39. The van der Waals surface area contributed by atoms with Gasteiger partial charge in [-0.1, -0.05) is 18.2 Å². The molecule has 0 unspecified atom stereocenters. The molecule has 1 aromatic heterocycles. The van der Waals surface area contributed by atoms with Crippen molar-refractivity contribution in [2.24, 2.45) is 0 Å². The number of hydrogen-bond donors (Lipinski definition) is 0. The van der Waals surface area contributed by atoms with Crippen molar-refractivity contribution in [2.75, 3.05) is 7.11 Å². The number of fused-ring (bicyclic) bond motifs is 3. The van der Waals surface area contributed by atoms with Crippen LogP contribution in [0.3, 0.4) is 0 Å². The second kappa shape index (κ2) is 6.19. The molecule has 1 heterocycles. The molecule has 0 amide bonds. The lowest BCUT2D eigenvalue weighted by molar-refractivity contribution is -0.0500. The summed E-state index contributed by atoms with van der Waals surface area (Å²) < 4.78 is 71.5. The van der Waals surface area contributed by atoms with Crippen LogP contribution in [0.15, 0.2) is 40.9 Å². The average molecular weight is 438 g/mol. The topological polar surface area (TPSA) is 57.5 Å². The van der Waals surface area contributed by atoms with Gasteiger partial charge >= 0.3 is 15.6 Å². The second-order valence-corrected chi connectivity index (χ2v) is 7.54. The number of hydrogen-bond acceptors (Lipinski definition) is 4. The maximum Gasteiger partial charge on any atom is 0.534 e. The Labute approximate surface area is 149 Å². The third-order valence-corrected chi connectivity index (χ3v) is 5.15. The molecule has 5 nitrogen and oxygen atoms in total. The minimum atomic E-state index is -5.77. The number of aromatic nitrogens is 1. The van der Waals surface area contributed by atoms with Gasteiger partial charge in [-0.05, 0) is 28.1 Å². The molecular formula is C15H11BrF3NO4S. The van der Waals surface area contributed by atoms with Crippen LogP contribution in [0.1, 0.15) is 0 Å². The lowest BCUT2D eigenvalue weighted by Crippen LogP contribution is -2.28. The maximum atomic E-state index is 12.6. The Hall–Kier alpha value is -1.78. The molecule has 0 radical (unpaired) electrons. The van der Waals surface area contributed by atoms with Gasteiger partial charge in [0.25, 0.3) is 0 Å². The highest BCUT2D eigenvalue weighted by molar-refractivity contribution is 9.10. The number of alkyl halides is 3. The fourth-order valence-corrected chi connectivity index (χ4v) is 3.55. The van der Waals surface area contributed by atoms with E-state index in [1.165, 1.54) is 19.2 Å². The number of benzene rings is 2. The molecule has 2 aromatic carbocycles. The second-order valence-electron chi connectivity index (χ2n) is 5.15. The first-order valence-corrected chi connectivity index (χ1v) is 9.06. The van der Waals surface area contributed by atoms with Crippen molar-refractivity contribution in [1.29, 1.82) is 0 Å². The van der Waals surface area contributed by atoms with E-state index in [1.54, 1.807) is 4.57 Å². The highest BCUT2D eigenvalue weighted by Crippen LogP contribution is 2.38. The molecule has 0 bridgehead atoms. The SMILES string of the molecule is COCn1c2ccccc2c2cc(Br)c(OS(=O)(=O)C(F)(F)F)cc21. The number of ether oxygens (including phenoxy) is 1. The van der Waals surface area contributed by atoms with E-state index in [2.05, 4.69) is 20.1 Å². The molecule has 0 aliphatic carbocycles. The quantitative estimate of drug-likeness (QED) is 0.448. The van der Waals surface area contributed by atoms with E-state index in [-0.39, 0.29) is 11.2 Å². The molecule has 134 valence electrons. The van der Waals surface area contributed by atoms with Gasteiger partial charge in [-0.15, -0.1) is 0 Å². The Morgan fingerprint density at radius 1 is 1.12 bits per heavy atom.